The fourth-order valence-corrected chi connectivity index (χ4v) is 4.89. The Labute approximate surface area is 193 Å². The number of non-ortho nitro benzene ring substituents is 1. The van der Waals surface area contributed by atoms with E-state index in [1.54, 1.807) is 6.92 Å². The number of morpholine rings is 1. The Balaban J connectivity index is 1.65. The van der Waals surface area contributed by atoms with E-state index >= 15 is 0 Å². The molecule has 1 saturated heterocycles. The number of rotatable bonds is 8. The van der Waals surface area contributed by atoms with Crippen molar-refractivity contribution in [2.75, 3.05) is 37.6 Å². The highest BCUT2D eigenvalue weighted by molar-refractivity contribution is 7.92. The van der Waals surface area contributed by atoms with Gasteiger partial charge in [0.1, 0.15) is 0 Å². The van der Waals surface area contributed by atoms with Crippen molar-refractivity contribution in [2.24, 2.45) is 0 Å². The molecule has 1 aliphatic rings. The molecule has 1 amide bonds. The number of hydrogen-bond donors (Lipinski definition) is 2. The monoisotopic (exact) mass is 476 g/mol. The minimum absolute atomic E-state index is 0.177. The first-order valence-electron chi connectivity index (χ1n) is 10.5. The number of hydrogen-bond acceptors (Lipinski definition) is 7. The maximum Gasteiger partial charge on any atom is 0.270 e. The first kappa shape index (κ1) is 24.6. The zero-order chi connectivity index (χ0) is 24.2. The molecule has 3 rings (SSSR count). The summed E-state index contributed by atoms with van der Waals surface area (Å²) in [5.41, 5.74) is 0.471. The van der Waals surface area contributed by atoms with Gasteiger partial charge in [-0.3, -0.25) is 24.5 Å². The molecule has 0 unspecified atom stereocenters. The van der Waals surface area contributed by atoms with Crippen molar-refractivity contribution in [2.45, 2.75) is 31.2 Å². The van der Waals surface area contributed by atoms with Crippen LogP contribution in [0.1, 0.15) is 29.8 Å². The molecule has 2 N–H and O–H groups in total. The summed E-state index contributed by atoms with van der Waals surface area (Å²) < 4.78 is 33.3. The van der Waals surface area contributed by atoms with Gasteiger partial charge in [-0.2, -0.15) is 0 Å². The SMILES string of the molecule is Cc1ccc([N+](=O)[O-])cc1S(=O)(=O)Nc1ccc(C(=O)NCC(C)(C)N2CCOCC2)cc1. The molecule has 0 spiro atoms. The molecule has 0 bridgehead atoms. The molecule has 33 heavy (non-hydrogen) atoms. The first-order chi connectivity index (χ1) is 15.5. The second-order valence-corrected chi connectivity index (χ2v) is 10.1. The van der Waals surface area contributed by atoms with Crippen LogP contribution in [0.25, 0.3) is 0 Å². The van der Waals surface area contributed by atoms with Crippen molar-refractivity contribution < 1.29 is 22.9 Å². The van der Waals surface area contributed by atoms with Gasteiger partial charge in [0.25, 0.3) is 21.6 Å². The summed E-state index contributed by atoms with van der Waals surface area (Å²) in [5, 5.41) is 13.9. The van der Waals surface area contributed by atoms with Crippen LogP contribution in [0, 0.1) is 17.0 Å². The molecular weight excluding hydrogens is 448 g/mol. The average Bonchev–Trinajstić information content (AvgIpc) is 2.78. The second-order valence-electron chi connectivity index (χ2n) is 8.48. The van der Waals surface area contributed by atoms with Crippen LogP contribution in [0.3, 0.4) is 0 Å². The van der Waals surface area contributed by atoms with Gasteiger partial charge in [0, 0.05) is 48.6 Å². The van der Waals surface area contributed by atoms with E-state index in [2.05, 4.69) is 28.8 Å². The fraction of sp³-hybridized carbons (Fsp3) is 0.409. The molecular formula is C22H28N4O6S. The average molecular weight is 477 g/mol. The van der Waals surface area contributed by atoms with Crippen LogP contribution in [0.4, 0.5) is 11.4 Å². The summed E-state index contributed by atoms with van der Waals surface area (Å²) in [6, 6.07) is 9.67. The van der Waals surface area contributed by atoms with Crippen LogP contribution in [0.5, 0.6) is 0 Å². The summed E-state index contributed by atoms with van der Waals surface area (Å²) in [6.07, 6.45) is 0. The molecule has 0 aliphatic carbocycles. The van der Waals surface area contributed by atoms with E-state index in [4.69, 9.17) is 4.74 Å². The van der Waals surface area contributed by atoms with Gasteiger partial charge in [0.05, 0.1) is 23.0 Å². The normalized spacial score (nSPS) is 15.1. The van der Waals surface area contributed by atoms with E-state index in [0.717, 1.165) is 19.2 Å². The van der Waals surface area contributed by atoms with Gasteiger partial charge in [-0.05, 0) is 50.6 Å². The number of nitrogens with one attached hydrogen (secondary N) is 2. The second kappa shape index (κ2) is 9.86. The summed E-state index contributed by atoms with van der Waals surface area (Å²) in [7, 11) is -4.05. The number of amides is 1. The number of nitro groups is 1. The predicted molar refractivity (Wildman–Crippen MR) is 124 cm³/mol. The molecule has 10 nitrogen and oxygen atoms in total. The number of sulfonamides is 1. The summed E-state index contributed by atoms with van der Waals surface area (Å²) in [6.45, 7) is 9.09. The maximum atomic E-state index is 12.8. The Morgan fingerprint density at radius 3 is 2.39 bits per heavy atom. The standard InChI is InChI=1S/C22H28N4O6S/c1-16-4-9-19(26(28)29)14-20(16)33(30,31)24-18-7-5-17(6-8-18)21(27)23-15-22(2,3)25-10-12-32-13-11-25/h4-9,14,24H,10-13,15H2,1-3H3,(H,23,27). The van der Waals surface area contributed by atoms with Gasteiger partial charge >= 0.3 is 0 Å². The number of nitrogens with zero attached hydrogens (tertiary/aromatic N) is 2. The van der Waals surface area contributed by atoms with Gasteiger partial charge < -0.3 is 10.1 Å². The minimum Gasteiger partial charge on any atom is -0.379 e. The van der Waals surface area contributed by atoms with Crippen LogP contribution in [0.15, 0.2) is 47.4 Å². The van der Waals surface area contributed by atoms with Crippen molar-refractivity contribution in [1.29, 1.82) is 0 Å². The molecule has 0 aromatic heterocycles. The molecule has 1 aliphatic heterocycles. The number of aryl methyl sites for hydroxylation is 1. The third-order valence-electron chi connectivity index (χ3n) is 5.62. The smallest absolute Gasteiger partial charge is 0.270 e. The third kappa shape index (κ3) is 6.06. The van der Waals surface area contributed by atoms with Gasteiger partial charge in [0.2, 0.25) is 0 Å². The molecule has 1 heterocycles. The lowest BCUT2D eigenvalue weighted by Gasteiger charge is -2.40. The highest BCUT2D eigenvalue weighted by Crippen LogP contribution is 2.24. The number of ether oxygens (including phenoxy) is 1. The number of benzene rings is 2. The minimum atomic E-state index is -4.05. The zero-order valence-corrected chi connectivity index (χ0v) is 19.6. The fourth-order valence-electron chi connectivity index (χ4n) is 3.57. The Bertz CT molecular complexity index is 1130. The lowest BCUT2D eigenvalue weighted by atomic mass is 10.0. The number of carbonyl (C=O) groups is 1. The largest absolute Gasteiger partial charge is 0.379 e. The third-order valence-corrected chi connectivity index (χ3v) is 7.14. The summed E-state index contributed by atoms with van der Waals surface area (Å²) >= 11 is 0. The van der Waals surface area contributed by atoms with E-state index < -0.39 is 14.9 Å². The molecule has 178 valence electrons. The van der Waals surface area contributed by atoms with Crippen LogP contribution >= 0.6 is 0 Å². The van der Waals surface area contributed by atoms with E-state index in [1.165, 1.54) is 36.4 Å². The Hall–Kier alpha value is -3.02. The van der Waals surface area contributed by atoms with Gasteiger partial charge in [-0.1, -0.05) is 6.07 Å². The lowest BCUT2D eigenvalue weighted by Crippen LogP contribution is -2.55. The van der Waals surface area contributed by atoms with Crippen molar-refractivity contribution >= 4 is 27.3 Å². The van der Waals surface area contributed by atoms with Gasteiger partial charge in [-0.25, -0.2) is 8.42 Å². The number of carbonyl (C=O) groups excluding carboxylic acids is 1. The predicted octanol–water partition coefficient (Wildman–Crippen LogP) is 2.54. The van der Waals surface area contributed by atoms with Crippen molar-refractivity contribution in [1.82, 2.24) is 10.2 Å². The highest BCUT2D eigenvalue weighted by atomic mass is 32.2. The molecule has 1 fully saturated rings. The Morgan fingerprint density at radius 1 is 1.15 bits per heavy atom. The summed E-state index contributed by atoms with van der Waals surface area (Å²) in [4.78, 5) is 25.0. The number of nitro benzene ring substituents is 1. The van der Waals surface area contributed by atoms with E-state index in [9.17, 15) is 23.3 Å². The molecule has 0 radical (unpaired) electrons. The first-order valence-corrected chi connectivity index (χ1v) is 12.0. The van der Waals surface area contributed by atoms with Crippen LogP contribution in [0.2, 0.25) is 0 Å². The van der Waals surface area contributed by atoms with E-state index in [0.29, 0.717) is 30.9 Å². The molecule has 2 aromatic rings. The lowest BCUT2D eigenvalue weighted by molar-refractivity contribution is -0.385. The van der Waals surface area contributed by atoms with Gasteiger partial charge in [-0.15, -0.1) is 0 Å². The molecule has 0 saturated carbocycles. The Morgan fingerprint density at radius 2 is 1.79 bits per heavy atom. The van der Waals surface area contributed by atoms with Crippen LogP contribution in [-0.4, -0.2) is 62.5 Å². The van der Waals surface area contributed by atoms with Crippen LogP contribution < -0.4 is 10.0 Å². The number of anilines is 1. The van der Waals surface area contributed by atoms with Crippen LogP contribution in [-0.2, 0) is 14.8 Å². The quantitative estimate of drug-likeness (QED) is 0.442. The topological polar surface area (TPSA) is 131 Å². The zero-order valence-electron chi connectivity index (χ0n) is 18.8. The molecule has 11 heteroatoms. The van der Waals surface area contributed by atoms with Crippen molar-refractivity contribution in [3.8, 4) is 0 Å². The van der Waals surface area contributed by atoms with E-state index in [-0.39, 0.29) is 27.7 Å². The molecule has 0 atom stereocenters. The van der Waals surface area contributed by atoms with Crippen molar-refractivity contribution in [3.05, 3.63) is 63.7 Å². The summed E-state index contributed by atoms with van der Waals surface area (Å²) in [5.74, 6) is -0.264. The Kier molecular flexibility index (Phi) is 7.35. The highest BCUT2D eigenvalue weighted by Gasteiger charge is 2.28. The van der Waals surface area contributed by atoms with Gasteiger partial charge in [0.15, 0.2) is 0 Å². The van der Waals surface area contributed by atoms with Crippen molar-refractivity contribution in [3.63, 3.8) is 0 Å². The maximum absolute atomic E-state index is 12.8. The molecule has 2 aromatic carbocycles. The van der Waals surface area contributed by atoms with E-state index in [1.807, 2.05) is 0 Å².